The highest BCUT2D eigenvalue weighted by molar-refractivity contribution is 7.16. The van der Waals surface area contributed by atoms with Crippen LogP contribution in [0.1, 0.15) is 64.6 Å². The van der Waals surface area contributed by atoms with E-state index >= 15 is 0 Å². The number of aromatic nitrogens is 4. The molecule has 4 heterocycles. The van der Waals surface area contributed by atoms with Crippen LogP contribution in [0.5, 0.6) is 0 Å². The summed E-state index contributed by atoms with van der Waals surface area (Å²) < 4.78 is 1.90. The highest BCUT2D eigenvalue weighted by Gasteiger charge is 2.28. The van der Waals surface area contributed by atoms with Crippen molar-refractivity contribution in [2.24, 2.45) is 0 Å². The molecule has 1 N–H and O–H groups in total. The van der Waals surface area contributed by atoms with Crippen molar-refractivity contribution in [1.29, 1.82) is 0 Å². The molecular formula is C22H23N5OS2. The van der Waals surface area contributed by atoms with Gasteiger partial charge in [-0.25, -0.2) is 14.6 Å². The molecule has 6 nitrogen and oxygen atoms in total. The van der Waals surface area contributed by atoms with Gasteiger partial charge in [0.1, 0.15) is 0 Å². The molecule has 0 atom stereocenters. The predicted octanol–water partition coefficient (Wildman–Crippen LogP) is 5.31. The molecule has 1 amide bonds. The molecule has 154 valence electrons. The highest BCUT2D eigenvalue weighted by Crippen LogP contribution is 2.40. The van der Waals surface area contributed by atoms with Gasteiger partial charge in [0.05, 0.1) is 39.3 Å². The van der Waals surface area contributed by atoms with Gasteiger partial charge in [0, 0.05) is 27.9 Å². The molecule has 0 saturated heterocycles. The number of fused-ring (bicyclic) bond motifs is 1. The van der Waals surface area contributed by atoms with Crippen molar-refractivity contribution in [2.75, 3.05) is 0 Å². The number of hydrogen-bond acceptors (Lipinski definition) is 6. The summed E-state index contributed by atoms with van der Waals surface area (Å²) in [5.74, 6) is 0.393. The maximum absolute atomic E-state index is 13.1. The number of amides is 1. The normalized spacial score (nSPS) is 14.0. The van der Waals surface area contributed by atoms with Gasteiger partial charge < -0.3 is 5.32 Å². The first-order chi connectivity index (χ1) is 14.5. The van der Waals surface area contributed by atoms with Crippen molar-refractivity contribution in [3.8, 4) is 10.6 Å². The zero-order valence-electron chi connectivity index (χ0n) is 17.2. The molecule has 1 aliphatic carbocycles. The molecule has 0 aromatic carbocycles. The van der Waals surface area contributed by atoms with Gasteiger partial charge in [0.15, 0.2) is 5.65 Å². The number of carbonyl (C=O) groups is 1. The average molecular weight is 438 g/mol. The molecule has 5 rings (SSSR count). The van der Waals surface area contributed by atoms with Gasteiger partial charge in [-0.15, -0.1) is 22.7 Å². The Labute approximate surface area is 183 Å². The Kier molecular flexibility index (Phi) is 4.91. The summed E-state index contributed by atoms with van der Waals surface area (Å²) in [4.78, 5) is 24.7. The third-order valence-corrected chi connectivity index (χ3v) is 7.15. The summed E-state index contributed by atoms with van der Waals surface area (Å²) in [5.41, 5.74) is 3.48. The van der Waals surface area contributed by atoms with Gasteiger partial charge in [-0.05, 0) is 51.8 Å². The van der Waals surface area contributed by atoms with Crippen LogP contribution < -0.4 is 5.32 Å². The van der Waals surface area contributed by atoms with E-state index in [2.05, 4.69) is 46.8 Å². The van der Waals surface area contributed by atoms with E-state index in [0.717, 1.165) is 50.0 Å². The molecule has 0 unspecified atom stereocenters. The standard InChI is InChI=1S/C22H23N5OS2/c1-12(2)27-21-17(10-24-27)16(8-18(26-21)14-4-5-14)22(28)23-9-15-6-7-20(30-15)19-11-29-13(3)25-19/h6-8,10-12,14H,4-5,9H2,1-3H3,(H,23,28). The zero-order chi connectivity index (χ0) is 20.8. The molecule has 0 spiro atoms. The van der Waals surface area contributed by atoms with Crippen LogP contribution >= 0.6 is 22.7 Å². The third kappa shape index (κ3) is 3.65. The fourth-order valence-electron chi connectivity index (χ4n) is 3.54. The second-order valence-electron chi connectivity index (χ2n) is 7.99. The summed E-state index contributed by atoms with van der Waals surface area (Å²) in [7, 11) is 0. The molecular weight excluding hydrogens is 414 g/mol. The second kappa shape index (κ2) is 7.59. The van der Waals surface area contributed by atoms with Crippen LogP contribution in [0.2, 0.25) is 0 Å². The number of nitrogens with one attached hydrogen (secondary N) is 1. The lowest BCUT2D eigenvalue weighted by Gasteiger charge is -2.10. The van der Waals surface area contributed by atoms with Crippen LogP contribution in [0.3, 0.4) is 0 Å². The minimum Gasteiger partial charge on any atom is -0.347 e. The number of nitrogens with zero attached hydrogens (tertiary/aromatic N) is 4. The molecule has 8 heteroatoms. The molecule has 1 saturated carbocycles. The van der Waals surface area contributed by atoms with E-state index in [1.54, 1.807) is 28.9 Å². The van der Waals surface area contributed by atoms with E-state index in [-0.39, 0.29) is 11.9 Å². The Morgan fingerprint density at radius 1 is 1.30 bits per heavy atom. The van der Waals surface area contributed by atoms with E-state index < -0.39 is 0 Å². The van der Waals surface area contributed by atoms with E-state index in [0.29, 0.717) is 18.0 Å². The molecule has 30 heavy (non-hydrogen) atoms. The average Bonchev–Trinajstić information content (AvgIpc) is 3.12. The van der Waals surface area contributed by atoms with Crippen molar-refractivity contribution < 1.29 is 4.79 Å². The Morgan fingerprint density at radius 3 is 2.83 bits per heavy atom. The van der Waals surface area contributed by atoms with Crippen molar-refractivity contribution in [1.82, 2.24) is 25.1 Å². The molecule has 0 radical (unpaired) electrons. The minimum atomic E-state index is -0.0768. The number of carbonyl (C=O) groups excluding carboxylic acids is 1. The molecule has 4 aromatic heterocycles. The van der Waals surface area contributed by atoms with Gasteiger partial charge in [0.2, 0.25) is 0 Å². The SMILES string of the molecule is Cc1nc(-c2ccc(CNC(=O)c3cc(C4CC4)nc4c3cnn4C(C)C)s2)cs1. The zero-order valence-corrected chi connectivity index (χ0v) is 18.8. The minimum absolute atomic E-state index is 0.0768. The summed E-state index contributed by atoms with van der Waals surface area (Å²) in [6, 6.07) is 6.28. The van der Waals surface area contributed by atoms with Crippen LogP contribution in [0.15, 0.2) is 29.8 Å². The summed E-state index contributed by atoms with van der Waals surface area (Å²) in [6.07, 6.45) is 4.05. The van der Waals surface area contributed by atoms with Crippen molar-refractivity contribution in [3.05, 3.63) is 50.9 Å². The first kappa shape index (κ1) is 19.4. The lowest BCUT2D eigenvalue weighted by molar-refractivity contribution is 0.0953. The monoisotopic (exact) mass is 437 g/mol. The number of aryl methyl sites for hydroxylation is 1. The van der Waals surface area contributed by atoms with E-state index in [9.17, 15) is 4.79 Å². The molecule has 0 bridgehead atoms. The topological polar surface area (TPSA) is 72.7 Å². The van der Waals surface area contributed by atoms with E-state index in [1.807, 2.05) is 17.7 Å². The van der Waals surface area contributed by atoms with Gasteiger partial charge in [-0.3, -0.25) is 4.79 Å². The number of pyridine rings is 1. The number of thiophene rings is 1. The second-order valence-corrected chi connectivity index (χ2v) is 10.2. The Hall–Kier alpha value is -2.58. The van der Waals surface area contributed by atoms with Gasteiger partial charge >= 0.3 is 0 Å². The van der Waals surface area contributed by atoms with Crippen LogP contribution in [0.4, 0.5) is 0 Å². The van der Waals surface area contributed by atoms with Crippen molar-refractivity contribution in [3.63, 3.8) is 0 Å². The van der Waals surface area contributed by atoms with Crippen LogP contribution in [0, 0.1) is 6.92 Å². The number of hydrogen-bond donors (Lipinski definition) is 1. The lowest BCUT2D eigenvalue weighted by atomic mass is 10.1. The molecule has 0 aliphatic heterocycles. The summed E-state index contributed by atoms with van der Waals surface area (Å²) in [6.45, 7) is 6.66. The fourth-order valence-corrected chi connectivity index (χ4v) is 5.14. The Balaban J connectivity index is 1.39. The first-order valence-corrected chi connectivity index (χ1v) is 11.9. The quantitative estimate of drug-likeness (QED) is 0.443. The molecule has 4 aromatic rings. The third-order valence-electron chi connectivity index (χ3n) is 5.27. The molecule has 1 fully saturated rings. The van der Waals surface area contributed by atoms with Gasteiger partial charge in [0.25, 0.3) is 5.91 Å². The van der Waals surface area contributed by atoms with Crippen LogP contribution in [0.25, 0.3) is 21.6 Å². The van der Waals surface area contributed by atoms with E-state index in [1.165, 1.54) is 0 Å². The molecule has 1 aliphatic rings. The van der Waals surface area contributed by atoms with Crippen LogP contribution in [-0.2, 0) is 6.54 Å². The smallest absolute Gasteiger partial charge is 0.252 e. The van der Waals surface area contributed by atoms with Gasteiger partial charge in [-0.1, -0.05) is 0 Å². The Bertz CT molecular complexity index is 1230. The fraction of sp³-hybridized carbons (Fsp3) is 0.364. The maximum atomic E-state index is 13.1. The van der Waals surface area contributed by atoms with Gasteiger partial charge in [-0.2, -0.15) is 5.10 Å². The highest BCUT2D eigenvalue weighted by atomic mass is 32.1. The number of rotatable bonds is 6. The predicted molar refractivity (Wildman–Crippen MR) is 121 cm³/mol. The van der Waals surface area contributed by atoms with E-state index in [4.69, 9.17) is 4.98 Å². The van der Waals surface area contributed by atoms with Crippen molar-refractivity contribution >= 4 is 39.6 Å². The number of thiazole rings is 1. The summed E-state index contributed by atoms with van der Waals surface area (Å²) in [5, 5.41) is 11.5. The lowest BCUT2D eigenvalue weighted by Crippen LogP contribution is -2.23. The summed E-state index contributed by atoms with van der Waals surface area (Å²) >= 11 is 3.32. The van der Waals surface area contributed by atoms with Crippen molar-refractivity contribution in [2.45, 2.75) is 52.1 Å². The van der Waals surface area contributed by atoms with Crippen LogP contribution in [-0.4, -0.2) is 25.7 Å². The largest absolute Gasteiger partial charge is 0.347 e. The maximum Gasteiger partial charge on any atom is 0.252 e. The first-order valence-electron chi connectivity index (χ1n) is 10.2. The Morgan fingerprint density at radius 2 is 2.13 bits per heavy atom.